The Morgan fingerprint density at radius 1 is 1.11 bits per heavy atom. The number of nitrogens with one attached hydrogen (secondary N) is 2. The molecule has 0 unspecified atom stereocenters. The highest BCUT2D eigenvalue weighted by atomic mass is 32.2. The molecule has 0 saturated heterocycles. The van der Waals surface area contributed by atoms with Crippen LogP contribution >= 0.6 is 11.3 Å². The maximum Gasteiger partial charge on any atom is 0.256 e. The Bertz CT molecular complexity index is 1540. The Balaban J connectivity index is 1.68. The van der Waals surface area contributed by atoms with Gasteiger partial charge in [-0.25, -0.2) is 13.4 Å². The van der Waals surface area contributed by atoms with Crippen molar-refractivity contribution >= 4 is 33.1 Å². The second-order valence-corrected chi connectivity index (χ2v) is 11.1. The average Bonchev–Trinajstić information content (AvgIpc) is 3.55. The fraction of sp³-hybridized carbons (Fsp3) is 0.280. The lowest BCUT2D eigenvalue weighted by Gasteiger charge is -2.18. The predicted molar refractivity (Wildman–Crippen MR) is 144 cm³/mol. The summed E-state index contributed by atoms with van der Waals surface area (Å²) in [6.07, 6.45) is 1.44. The highest BCUT2D eigenvalue weighted by Gasteiger charge is 2.22. The second-order valence-electron chi connectivity index (χ2n) is 8.18. The van der Waals surface area contributed by atoms with Crippen molar-refractivity contribution in [2.75, 3.05) is 18.4 Å². The summed E-state index contributed by atoms with van der Waals surface area (Å²) in [5.74, 6) is 0.0393. The molecule has 0 saturated carbocycles. The topological polar surface area (TPSA) is 130 Å². The van der Waals surface area contributed by atoms with Crippen LogP contribution in [0.4, 0.5) is 5.82 Å². The molecule has 10 nitrogen and oxygen atoms in total. The lowest BCUT2D eigenvalue weighted by molar-refractivity contribution is 0.102. The van der Waals surface area contributed by atoms with Gasteiger partial charge in [-0.15, -0.1) is 11.3 Å². The maximum absolute atomic E-state index is 13.1. The van der Waals surface area contributed by atoms with Crippen LogP contribution in [0, 0.1) is 0 Å². The van der Waals surface area contributed by atoms with Gasteiger partial charge in [-0.1, -0.05) is 33.3 Å². The van der Waals surface area contributed by atoms with Crippen molar-refractivity contribution in [3.05, 3.63) is 75.5 Å². The minimum Gasteiger partial charge on any atom is -0.306 e. The molecule has 0 radical (unpaired) electrons. The number of aromatic amines is 1. The highest BCUT2D eigenvalue weighted by Crippen LogP contribution is 2.27. The molecule has 0 aliphatic carbocycles. The van der Waals surface area contributed by atoms with Gasteiger partial charge in [0.1, 0.15) is 11.5 Å². The van der Waals surface area contributed by atoms with E-state index in [-0.39, 0.29) is 22.0 Å². The number of aromatic nitrogens is 4. The van der Waals surface area contributed by atoms with Crippen molar-refractivity contribution in [3.63, 3.8) is 0 Å². The van der Waals surface area contributed by atoms with Gasteiger partial charge in [-0.2, -0.15) is 14.1 Å². The zero-order valence-electron chi connectivity index (χ0n) is 20.8. The zero-order chi connectivity index (χ0) is 26.6. The van der Waals surface area contributed by atoms with Gasteiger partial charge >= 0.3 is 0 Å². The molecule has 0 spiro atoms. The van der Waals surface area contributed by atoms with Gasteiger partial charge in [0.15, 0.2) is 0 Å². The second kappa shape index (κ2) is 11.2. The van der Waals surface area contributed by atoms with E-state index in [2.05, 4.69) is 20.4 Å². The molecule has 3 heterocycles. The van der Waals surface area contributed by atoms with Crippen molar-refractivity contribution < 1.29 is 13.2 Å². The first-order chi connectivity index (χ1) is 17.8. The van der Waals surface area contributed by atoms with E-state index in [0.29, 0.717) is 36.7 Å². The van der Waals surface area contributed by atoms with Gasteiger partial charge < -0.3 is 5.32 Å². The molecule has 0 atom stereocenters. The number of nitrogens with zero attached hydrogens (tertiary/aromatic N) is 4. The number of sulfonamides is 1. The van der Waals surface area contributed by atoms with Gasteiger partial charge in [0.25, 0.3) is 11.5 Å². The van der Waals surface area contributed by atoms with Crippen LogP contribution in [0.25, 0.3) is 16.5 Å². The van der Waals surface area contributed by atoms with Gasteiger partial charge in [0, 0.05) is 36.5 Å². The molecular weight excluding hydrogens is 512 g/mol. The number of carbonyl (C=O) groups is 1. The summed E-state index contributed by atoms with van der Waals surface area (Å²) in [6, 6.07) is 12.7. The number of H-pyrrole nitrogens is 1. The molecule has 2 N–H and O–H groups in total. The fourth-order valence-corrected chi connectivity index (χ4v) is 5.97. The van der Waals surface area contributed by atoms with E-state index < -0.39 is 15.9 Å². The van der Waals surface area contributed by atoms with E-state index in [1.807, 2.05) is 24.4 Å². The van der Waals surface area contributed by atoms with E-state index in [1.54, 1.807) is 19.9 Å². The fourth-order valence-electron chi connectivity index (χ4n) is 3.83. The normalized spacial score (nSPS) is 11.7. The number of hydrogen-bond acceptors (Lipinski definition) is 7. The Labute approximate surface area is 219 Å². The van der Waals surface area contributed by atoms with Gasteiger partial charge in [0.2, 0.25) is 16.0 Å². The Morgan fingerprint density at radius 2 is 1.84 bits per heavy atom. The van der Waals surface area contributed by atoms with Crippen molar-refractivity contribution in [1.29, 1.82) is 0 Å². The third-order valence-corrected chi connectivity index (χ3v) is 8.63. The molecule has 1 amide bonds. The van der Waals surface area contributed by atoms with E-state index in [9.17, 15) is 18.0 Å². The Morgan fingerprint density at radius 3 is 2.46 bits per heavy atom. The minimum atomic E-state index is -3.63. The smallest absolute Gasteiger partial charge is 0.256 e. The Hall–Kier alpha value is -3.61. The van der Waals surface area contributed by atoms with Gasteiger partial charge in [-0.05, 0) is 42.1 Å². The van der Waals surface area contributed by atoms with Crippen molar-refractivity contribution in [1.82, 2.24) is 24.1 Å². The van der Waals surface area contributed by atoms with E-state index in [0.717, 1.165) is 11.3 Å². The monoisotopic (exact) mass is 540 g/mol. The van der Waals surface area contributed by atoms with Crippen molar-refractivity contribution in [2.45, 2.75) is 38.5 Å². The maximum atomic E-state index is 13.1. The number of rotatable bonds is 10. The molecule has 12 heteroatoms. The lowest BCUT2D eigenvalue weighted by atomic mass is 10.2. The zero-order valence-corrected chi connectivity index (χ0v) is 22.4. The molecule has 0 bridgehead atoms. The summed E-state index contributed by atoms with van der Waals surface area (Å²) in [6.45, 7) is 6.25. The van der Waals surface area contributed by atoms with Gasteiger partial charge in [-0.3, -0.25) is 14.6 Å². The SMILES string of the molecule is CCCc1cc(=O)[nH]c(-n2nc(-c3cccs3)cc2NC(=O)c2ccc(S(=O)(=O)N(CC)CC)cc2)n1. The van der Waals surface area contributed by atoms with Crippen molar-refractivity contribution in [3.8, 4) is 16.5 Å². The first-order valence-corrected chi connectivity index (χ1v) is 14.2. The summed E-state index contributed by atoms with van der Waals surface area (Å²) in [7, 11) is -3.63. The first-order valence-electron chi connectivity index (χ1n) is 11.9. The number of aryl methyl sites for hydroxylation is 1. The number of hydrogen-bond donors (Lipinski definition) is 2. The average molecular weight is 541 g/mol. The number of thiophene rings is 1. The summed E-state index contributed by atoms with van der Waals surface area (Å²) in [4.78, 5) is 33.6. The van der Waals surface area contributed by atoms with Crippen LogP contribution in [0.1, 0.15) is 43.2 Å². The molecule has 3 aromatic heterocycles. The summed E-state index contributed by atoms with van der Waals surface area (Å²) < 4.78 is 28.3. The third kappa shape index (κ3) is 5.71. The van der Waals surface area contributed by atoms with Crippen LogP contribution in [0.5, 0.6) is 0 Å². The highest BCUT2D eigenvalue weighted by molar-refractivity contribution is 7.89. The molecule has 0 aliphatic rings. The molecule has 4 rings (SSSR count). The molecule has 1 aromatic carbocycles. The largest absolute Gasteiger partial charge is 0.306 e. The molecule has 194 valence electrons. The van der Waals surface area contributed by atoms with Crippen LogP contribution in [-0.2, 0) is 16.4 Å². The van der Waals surface area contributed by atoms with Crippen LogP contribution < -0.4 is 10.9 Å². The number of anilines is 1. The number of benzene rings is 1. The number of amides is 1. The molecule has 0 fully saturated rings. The predicted octanol–water partition coefficient (Wildman–Crippen LogP) is 3.92. The van der Waals surface area contributed by atoms with E-state index in [4.69, 9.17) is 0 Å². The summed E-state index contributed by atoms with van der Waals surface area (Å²) >= 11 is 1.49. The van der Waals surface area contributed by atoms with E-state index in [1.165, 1.54) is 50.7 Å². The van der Waals surface area contributed by atoms with Crippen molar-refractivity contribution in [2.24, 2.45) is 0 Å². The molecule has 37 heavy (non-hydrogen) atoms. The van der Waals surface area contributed by atoms with Crippen LogP contribution in [0.2, 0.25) is 0 Å². The molecule has 0 aliphatic heterocycles. The van der Waals surface area contributed by atoms with E-state index >= 15 is 0 Å². The quantitative estimate of drug-likeness (QED) is 0.314. The van der Waals surface area contributed by atoms with Crippen LogP contribution in [-0.4, -0.2) is 51.5 Å². The summed E-state index contributed by atoms with van der Waals surface area (Å²) in [5, 5.41) is 9.34. The third-order valence-electron chi connectivity index (χ3n) is 5.67. The minimum absolute atomic E-state index is 0.118. The van der Waals surface area contributed by atoms with Crippen LogP contribution in [0.15, 0.2) is 63.6 Å². The Kier molecular flexibility index (Phi) is 8.00. The lowest BCUT2D eigenvalue weighted by Crippen LogP contribution is -2.30. The van der Waals surface area contributed by atoms with Crippen LogP contribution in [0.3, 0.4) is 0 Å². The van der Waals surface area contributed by atoms with Gasteiger partial charge in [0.05, 0.1) is 9.77 Å². The number of carbonyl (C=O) groups excluding carboxylic acids is 1. The first kappa shape index (κ1) is 26.5. The molecular formula is C25H28N6O4S2. The standard InChI is InChI=1S/C25H28N6O4S2/c1-4-8-18-15-23(32)28-25(26-18)31-22(16-20(29-31)21-9-7-14-36-21)27-24(33)17-10-12-19(13-11-17)37(34,35)30(5-2)6-3/h7,9-16H,4-6,8H2,1-3H3,(H,27,33)(H,26,28,32). The molecule has 4 aromatic rings. The summed E-state index contributed by atoms with van der Waals surface area (Å²) in [5.41, 5.74) is 1.18.